The zero-order valence-electron chi connectivity index (χ0n) is 17.2. The number of aryl methyl sites for hydroxylation is 1. The monoisotopic (exact) mass is 467 g/mol. The number of hydrogen-bond acceptors (Lipinski definition) is 3. The summed E-state index contributed by atoms with van der Waals surface area (Å²) in [5, 5.41) is 6.59. The molecule has 0 bridgehead atoms. The van der Waals surface area contributed by atoms with E-state index < -0.39 is 48.6 Å². The number of hydrogen-bond donors (Lipinski definition) is 1. The number of carbonyl (C=O) groups is 1. The van der Waals surface area contributed by atoms with Gasteiger partial charge in [-0.25, -0.2) is 0 Å². The molecule has 0 aliphatic heterocycles. The lowest BCUT2D eigenvalue weighted by Crippen LogP contribution is -2.59. The molecule has 1 aliphatic carbocycles. The zero-order chi connectivity index (χ0) is 24.1. The maximum Gasteiger partial charge on any atom is 0.573 e. The van der Waals surface area contributed by atoms with E-state index in [2.05, 4.69) is 15.2 Å². The number of carbonyl (C=O) groups excluding carboxylic acids is 1. The van der Waals surface area contributed by atoms with Crippen molar-refractivity contribution >= 4 is 11.7 Å². The Bertz CT molecular complexity index is 998. The second-order valence-corrected chi connectivity index (χ2v) is 7.94. The second kappa shape index (κ2) is 7.96. The Morgan fingerprint density at radius 3 is 2.28 bits per heavy atom. The average molecular weight is 467 g/mol. The third-order valence-corrected chi connectivity index (χ3v) is 5.22. The number of aromatic nitrogens is 2. The highest BCUT2D eigenvalue weighted by molar-refractivity contribution is 5.92. The van der Waals surface area contributed by atoms with Crippen LogP contribution < -0.4 is 10.1 Å². The standard InChI is InChI=1S/C20H20F7N3O2/c1-10(2)15-16(11-4-6-13(7-5-11)32-20(25,26)27)30(3)29-17(15)28-14(31)8-12-9-18(21,22)19(12,23)24/h4-7,10,12H,8-9H2,1-3H3,(H,28,29,31)/t12-/m1/s1. The highest BCUT2D eigenvalue weighted by atomic mass is 19.4. The van der Waals surface area contributed by atoms with Gasteiger partial charge < -0.3 is 10.1 Å². The average Bonchev–Trinajstić information content (AvgIpc) is 2.96. The van der Waals surface area contributed by atoms with Crippen LogP contribution in [0.5, 0.6) is 5.75 Å². The molecule has 1 heterocycles. The number of ether oxygens (including phenoxy) is 1. The minimum absolute atomic E-state index is 0.0625. The van der Waals surface area contributed by atoms with Crippen molar-refractivity contribution in [2.24, 2.45) is 13.0 Å². The first-order valence-electron chi connectivity index (χ1n) is 9.61. The smallest absolute Gasteiger partial charge is 0.406 e. The molecule has 1 N–H and O–H groups in total. The van der Waals surface area contributed by atoms with E-state index in [0.717, 1.165) is 12.1 Å². The molecule has 1 aliphatic rings. The van der Waals surface area contributed by atoms with Crippen LogP contribution in [0.1, 0.15) is 38.2 Å². The minimum Gasteiger partial charge on any atom is -0.406 e. The Hall–Kier alpha value is -2.79. The Morgan fingerprint density at radius 1 is 1.22 bits per heavy atom. The summed E-state index contributed by atoms with van der Waals surface area (Å²) in [6, 6.07) is 5.01. The van der Waals surface area contributed by atoms with Crippen LogP contribution in [-0.4, -0.2) is 33.9 Å². The van der Waals surface area contributed by atoms with Crippen LogP contribution in [-0.2, 0) is 11.8 Å². The van der Waals surface area contributed by atoms with Gasteiger partial charge in [-0.1, -0.05) is 13.8 Å². The van der Waals surface area contributed by atoms with Crippen molar-refractivity contribution in [1.29, 1.82) is 0 Å². The molecule has 2 aromatic rings. The van der Waals surface area contributed by atoms with Crippen LogP contribution in [0.15, 0.2) is 24.3 Å². The molecule has 1 atom stereocenters. The van der Waals surface area contributed by atoms with Gasteiger partial charge in [0, 0.05) is 36.9 Å². The summed E-state index contributed by atoms with van der Waals surface area (Å²) in [5.74, 6) is -11.6. The van der Waals surface area contributed by atoms with Gasteiger partial charge in [-0.05, 0) is 30.2 Å². The van der Waals surface area contributed by atoms with E-state index >= 15 is 0 Å². The lowest BCUT2D eigenvalue weighted by atomic mass is 9.74. The zero-order valence-corrected chi connectivity index (χ0v) is 17.2. The number of nitrogens with one attached hydrogen (secondary N) is 1. The van der Waals surface area contributed by atoms with Crippen molar-refractivity contribution in [1.82, 2.24) is 9.78 Å². The van der Waals surface area contributed by atoms with Gasteiger partial charge in [0.25, 0.3) is 0 Å². The fourth-order valence-corrected chi connectivity index (χ4v) is 3.68. The summed E-state index contributed by atoms with van der Waals surface area (Å²) in [6.07, 6.45) is -6.71. The summed E-state index contributed by atoms with van der Waals surface area (Å²) >= 11 is 0. The molecule has 1 amide bonds. The highest BCUT2D eigenvalue weighted by Gasteiger charge is 2.71. The summed E-state index contributed by atoms with van der Waals surface area (Å²) in [4.78, 5) is 12.3. The lowest BCUT2D eigenvalue weighted by molar-refractivity contribution is -0.313. The molecule has 176 valence electrons. The van der Waals surface area contributed by atoms with Crippen LogP contribution in [0.4, 0.5) is 36.6 Å². The van der Waals surface area contributed by atoms with E-state index in [0.29, 0.717) is 16.8 Å². The maximum absolute atomic E-state index is 13.5. The van der Waals surface area contributed by atoms with E-state index in [9.17, 15) is 35.5 Å². The molecule has 1 fully saturated rings. The molecule has 0 radical (unpaired) electrons. The van der Waals surface area contributed by atoms with Gasteiger partial charge in [-0.15, -0.1) is 13.2 Å². The van der Waals surface area contributed by atoms with E-state index in [-0.39, 0.29) is 11.7 Å². The Balaban J connectivity index is 1.82. The molecule has 3 rings (SSSR count). The molecular formula is C20H20F7N3O2. The topological polar surface area (TPSA) is 56.2 Å². The van der Waals surface area contributed by atoms with Crippen LogP contribution in [0.2, 0.25) is 0 Å². The van der Waals surface area contributed by atoms with Gasteiger partial charge in [-0.2, -0.15) is 22.7 Å². The fourth-order valence-electron chi connectivity index (χ4n) is 3.68. The highest BCUT2D eigenvalue weighted by Crippen LogP contribution is 2.56. The summed E-state index contributed by atoms with van der Waals surface area (Å²) in [7, 11) is 1.54. The predicted octanol–water partition coefficient (Wildman–Crippen LogP) is 5.73. The molecule has 0 unspecified atom stereocenters. The Morgan fingerprint density at radius 2 is 1.81 bits per heavy atom. The van der Waals surface area contributed by atoms with Gasteiger partial charge in [0.1, 0.15) is 5.75 Å². The first-order valence-corrected chi connectivity index (χ1v) is 9.61. The van der Waals surface area contributed by atoms with Crippen molar-refractivity contribution < 1.29 is 40.3 Å². The van der Waals surface area contributed by atoms with Gasteiger partial charge in [-0.3, -0.25) is 9.48 Å². The Labute approximate surface area is 178 Å². The SMILES string of the molecule is CC(C)c1c(NC(=O)C[C@@H]2CC(F)(F)C2(F)F)nn(C)c1-c1ccc(OC(F)(F)F)cc1. The van der Waals surface area contributed by atoms with Crippen molar-refractivity contribution in [3.05, 3.63) is 29.8 Å². The number of rotatable bonds is 6. The van der Waals surface area contributed by atoms with Crippen molar-refractivity contribution in [3.8, 4) is 17.0 Å². The fraction of sp³-hybridized carbons (Fsp3) is 0.500. The molecule has 0 saturated heterocycles. The maximum atomic E-state index is 13.5. The molecule has 0 spiro atoms. The van der Waals surface area contributed by atoms with Gasteiger partial charge in [0.15, 0.2) is 5.82 Å². The van der Waals surface area contributed by atoms with E-state index in [1.807, 2.05) is 0 Å². The van der Waals surface area contributed by atoms with Crippen molar-refractivity contribution in [3.63, 3.8) is 0 Å². The number of nitrogens with zero attached hydrogens (tertiary/aromatic N) is 2. The summed E-state index contributed by atoms with van der Waals surface area (Å²) in [5.41, 5.74) is 1.47. The van der Waals surface area contributed by atoms with Gasteiger partial charge >= 0.3 is 18.2 Å². The quantitative estimate of drug-likeness (QED) is 0.553. The van der Waals surface area contributed by atoms with E-state index in [1.165, 1.54) is 23.9 Å². The molecule has 32 heavy (non-hydrogen) atoms. The predicted molar refractivity (Wildman–Crippen MR) is 101 cm³/mol. The number of alkyl halides is 7. The molecular weight excluding hydrogens is 447 g/mol. The minimum atomic E-state index is -4.84. The third kappa shape index (κ3) is 4.53. The third-order valence-electron chi connectivity index (χ3n) is 5.22. The van der Waals surface area contributed by atoms with E-state index in [4.69, 9.17) is 0 Å². The van der Waals surface area contributed by atoms with Crippen molar-refractivity contribution in [2.75, 3.05) is 5.32 Å². The van der Waals surface area contributed by atoms with Crippen LogP contribution >= 0.6 is 0 Å². The molecule has 1 aromatic carbocycles. The largest absolute Gasteiger partial charge is 0.573 e. The van der Waals surface area contributed by atoms with Crippen LogP contribution in [0.25, 0.3) is 11.3 Å². The molecule has 5 nitrogen and oxygen atoms in total. The second-order valence-electron chi connectivity index (χ2n) is 7.94. The molecule has 12 heteroatoms. The van der Waals surface area contributed by atoms with Gasteiger partial charge in [0.05, 0.1) is 5.69 Å². The van der Waals surface area contributed by atoms with Crippen LogP contribution in [0.3, 0.4) is 0 Å². The molecule has 1 aromatic heterocycles. The number of amides is 1. The first kappa shape index (κ1) is 23.9. The van der Waals surface area contributed by atoms with E-state index in [1.54, 1.807) is 13.8 Å². The first-order chi connectivity index (χ1) is 14.6. The molecule has 1 saturated carbocycles. The van der Waals surface area contributed by atoms with Crippen LogP contribution in [0, 0.1) is 5.92 Å². The van der Waals surface area contributed by atoms with Gasteiger partial charge in [0.2, 0.25) is 5.91 Å². The van der Waals surface area contributed by atoms with Crippen molar-refractivity contribution in [2.45, 2.75) is 50.8 Å². The summed E-state index contributed by atoms with van der Waals surface area (Å²) in [6.45, 7) is 3.55. The Kier molecular flexibility index (Phi) is 5.94. The number of benzene rings is 1. The lowest BCUT2D eigenvalue weighted by Gasteiger charge is -2.43. The number of anilines is 1. The normalized spacial score (nSPS) is 19.5. The summed E-state index contributed by atoms with van der Waals surface area (Å²) < 4.78 is 95.3. The number of halogens is 7.